The largest absolute Gasteiger partial charge is 0.390 e. The number of piperidine rings is 1. The number of likely N-dealkylation sites (tertiary alicyclic amines) is 1. The van der Waals surface area contributed by atoms with Crippen LogP contribution in [0.4, 0.5) is 0 Å². The van der Waals surface area contributed by atoms with Gasteiger partial charge in [-0.15, -0.1) is 0 Å². The van der Waals surface area contributed by atoms with Gasteiger partial charge in [0.05, 0.1) is 12.0 Å². The molecule has 114 valence electrons. The smallest absolute Gasteiger partial charge is 0.226 e. The molecule has 0 radical (unpaired) electrons. The van der Waals surface area contributed by atoms with Gasteiger partial charge in [0.2, 0.25) is 5.91 Å². The Labute approximate surface area is 130 Å². The fourth-order valence-corrected chi connectivity index (χ4v) is 3.96. The van der Waals surface area contributed by atoms with Gasteiger partial charge in [-0.1, -0.05) is 23.7 Å². The van der Waals surface area contributed by atoms with Crippen molar-refractivity contribution in [1.82, 2.24) is 4.90 Å². The lowest BCUT2D eigenvalue weighted by molar-refractivity contribution is -0.180. The molecule has 2 fully saturated rings. The number of aliphatic hydroxyl groups is 1. The lowest BCUT2D eigenvalue weighted by Gasteiger charge is -2.58. The molecule has 3 nitrogen and oxygen atoms in total. The zero-order chi connectivity index (χ0) is 15.1. The summed E-state index contributed by atoms with van der Waals surface area (Å²) in [6, 6.07) is 7.48. The highest BCUT2D eigenvalue weighted by molar-refractivity contribution is 6.30. The summed E-state index contributed by atoms with van der Waals surface area (Å²) in [5, 5.41) is 11.0. The predicted octanol–water partition coefficient (Wildman–Crippen LogP) is 3.04. The number of benzene rings is 1. The average molecular weight is 308 g/mol. The van der Waals surface area contributed by atoms with E-state index in [0.29, 0.717) is 11.4 Å². The maximum atomic E-state index is 12.4. The minimum absolute atomic E-state index is 0.0554. The minimum Gasteiger partial charge on any atom is -0.390 e. The highest BCUT2D eigenvalue weighted by Gasteiger charge is 2.55. The third-order valence-electron chi connectivity index (χ3n) is 5.55. The molecule has 1 aliphatic heterocycles. The van der Waals surface area contributed by atoms with Crippen molar-refractivity contribution in [3.63, 3.8) is 0 Å². The Kier molecular flexibility index (Phi) is 3.74. The maximum absolute atomic E-state index is 12.4. The van der Waals surface area contributed by atoms with Gasteiger partial charge in [0.15, 0.2) is 0 Å². The van der Waals surface area contributed by atoms with Crippen LogP contribution >= 0.6 is 11.6 Å². The van der Waals surface area contributed by atoms with Crippen LogP contribution in [0.2, 0.25) is 5.02 Å². The Balaban J connectivity index is 1.58. The molecule has 1 saturated carbocycles. The van der Waals surface area contributed by atoms with Crippen molar-refractivity contribution in [3.8, 4) is 0 Å². The first-order chi connectivity index (χ1) is 9.92. The molecule has 4 heteroatoms. The van der Waals surface area contributed by atoms with Crippen molar-refractivity contribution < 1.29 is 9.90 Å². The number of hydrogen-bond acceptors (Lipinski definition) is 2. The molecule has 0 aromatic heterocycles. The predicted molar refractivity (Wildman–Crippen MR) is 83.3 cm³/mol. The minimum atomic E-state index is -0.533. The van der Waals surface area contributed by atoms with Gasteiger partial charge < -0.3 is 10.0 Å². The molecule has 21 heavy (non-hydrogen) atoms. The number of carbonyl (C=O) groups excluding carboxylic acids is 1. The third-order valence-corrected chi connectivity index (χ3v) is 5.79. The number of hydrogen-bond donors (Lipinski definition) is 1. The Bertz CT molecular complexity index is 547. The van der Waals surface area contributed by atoms with E-state index in [9.17, 15) is 9.90 Å². The van der Waals surface area contributed by atoms with Crippen molar-refractivity contribution in [1.29, 1.82) is 0 Å². The average Bonchev–Trinajstić information content (AvgIpc) is 2.46. The van der Waals surface area contributed by atoms with Crippen LogP contribution in [0.15, 0.2) is 24.3 Å². The molecular weight excluding hydrogens is 286 g/mol. The Morgan fingerprint density at radius 1 is 1.29 bits per heavy atom. The Hall–Kier alpha value is -1.06. The van der Waals surface area contributed by atoms with Crippen LogP contribution in [-0.4, -0.2) is 34.6 Å². The zero-order valence-corrected chi connectivity index (χ0v) is 13.2. The summed E-state index contributed by atoms with van der Waals surface area (Å²) in [7, 11) is 0. The Morgan fingerprint density at radius 2 is 2.00 bits per heavy atom. The molecule has 1 N–H and O–H groups in total. The third kappa shape index (κ3) is 2.69. The second-order valence-corrected chi connectivity index (χ2v) is 7.18. The van der Waals surface area contributed by atoms with E-state index in [4.69, 9.17) is 11.6 Å². The molecule has 2 aliphatic rings. The van der Waals surface area contributed by atoms with Gasteiger partial charge in [0.25, 0.3) is 0 Å². The van der Waals surface area contributed by atoms with Gasteiger partial charge in [-0.3, -0.25) is 4.79 Å². The van der Waals surface area contributed by atoms with E-state index in [1.165, 1.54) is 0 Å². The molecule has 1 saturated heterocycles. The highest BCUT2D eigenvalue weighted by atomic mass is 35.5. The van der Waals surface area contributed by atoms with E-state index >= 15 is 0 Å². The zero-order valence-electron chi connectivity index (χ0n) is 12.4. The van der Waals surface area contributed by atoms with Crippen LogP contribution in [0, 0.1) is 5.41 Å². The van der Waals surface area contributed by atoms with Crippen LogP contribution in [0.5, 0.6) is 0 Å². The highest BCUT2D eigenvalue weighted by Crippen LogP contribution is 2.56. The van der Waals surface area contributed by atoms with E-state index < -0.39 is 5.60 Å². The van der Waals surface area contributed by atoms with Crippen LogP contribution in [0.25, 0.3) is 0 Å². The molecule has 1 amide bonds. The Morgan fingerprint density at radius 3 is 2.52 bits per heavy atom. The quantitative estimate of drug-likeness (QED) is 0.912. The SMILES string of the molecule is CC1(O)CCC12CCN(C(=O)Cc1cccc(Cl)c1)CC2. The monoisotopic (exact) mass is 307 g/mol. The summed E-state index contributed by atoms with van der Waals surface area (Å²) in [5.41, 5.74) is 0.484. The van der Waals surface area contributed by atoms with E-state index in [1.54, 1.807) is 0 Å². The summed E-state index contributed by atoms with van der Waals surface area (Å²) < 4.78 is 0. The first kappa shape index (κ1) is 14.9. The molecule has 0 bridgehead atoms. The fraction of sp³-hybridized carbons (Fsp3) is 0.588. The topological polar surface area (TPSA) is 40.5 Å². The second kappa shape index (κ2) is 5.29. The maximum Gasteiger partial charge on any atom is 0.226 e. The summed E-state index contributed by atoms with van der Waals surface area (Å²) in [5.74, 6) is 0.158. The van der Waals surface area contributed by atoms with Crippen molar-refractivity contribution in [3.05, 3.63) is 34.9 Å². The molecule has 1 spiro atoms. The number of rotatable bonds is 2. The van der Waals surface area contributed by atoms with Gasteiger partial charge in [0.1, 0.15) is 0 Å². The summed E-state index contributed by atoms with van der Waals surface area (Å²) >= 11 is 5.96. The number of carbonyl (C=O) groups is 1. The molecule has 1 aromatic carbocycles. The van der Waals surface area contributed by atoms with E-state index in [1.807, 2.05) is 36.1 Å². The van der Waals surface area contributed by atoms with Gasteiger partial charge in [-0.25, -0.2) is 0 Å². The number of halogens is 1. The van der Waals surface area contributed by atoms with Crippen molar-refractivity contribution in [2.24, 2.45) is 5.41 Å². The van der Waals surface area contributed by atoms with E-state index in [0.717, 1.165) is 44.3 Å². The molecule has 1 atom stereocenters. The molecule has 1 aliphatic carbocycles. The van der Waals surface area contributed by atoms with Gasteiger partial charge in [-0.05, 0) is 50.3 Å². The van der Waals surface area contributed by atoms with Crippen LogP contribution in [0.3, 0.4) is 0 Å². The first-order valence-electron chi connectivity index (χ1n) is 7.67. The lowest BCUT2D eigenvalue weighted by atomic mass is 9.53. The van der Waals surface area contributed by atoms with Crippen LogP contribution < -0.4 is 0 Å². The molecule has 3 rings (SSSR count). The van der Waals surface area contributed by atoms with Crippen molar-refractivity contribution >= 4 is 17.5 Å². The van der Waals surface area contributed by atoms with Crippen LogP contribution in [-0.2, 0) is 11.2 Å². The number of nitrogens with zero attached hydrogens (tertiary/aromatic N) is 1. The standard InChI is InChI=1S/C17H22ClNO2/c1-16(21)5-6-17(16)7-9-19(10-8-17)15(20)12-13-3-2-4-14(18)11-13/h2-4,11,21H,5-10,12H2,1H3. The van der Waals surface area contributed by atoms with Gasteiger partial charge >= 0.3 is 0 Å². The number of amides is 1. The summed E-state index contributed by atoms with van der Waals surface area (Å²) in [6.45, 7) is 3.46. The van der Waals surface area contributed by atoms with Crippen LogP contribution in [0.1, 0.15) is 38.2 Å². The molecule has 1 heterocycles. The van der Waals surface area contributed by atoms with Gasteiger partial charge in [-0.2, -0.15) is 0 Å². The normalized spacial score (nSPS) is 27.5. The summed E-state index contributed by atoms with van der Waals surface area (Å²) in [4.78, 5) is 14.3. The molecule has 1 unspecified atom stereocenters. The van der Waals surface area contributed by atoms with Gasteiger partial charge in [0, 0.05) is 23.5 Å². The molecular formula is C17H22ClNO2. The fourth-order valence-electron chi connectivity index (χ4n) is 3.75. The lowest BCUT2D eigenvalue weighted by Crippen LogP contribution is -2.60. The first-order valence-corrected chi connectivity index (χ1v) is 8.04. The van der Waals surface area contributed by atoms with E-state index in [-0.39, 0.29) is 11.3 Å². The second-order valence-electron chi connectivity index (χ2n) is 6.74. The summed E-state index contributed by atoms with van der Waals surface area (Å²) in [6.07, 6.45) is 4.23. The van der Waals surface area contributed by atoms with E-state index in [2.05, 4.69) is 0 Å². The van der Waals surface area contributed by atoms with Crippen molar-refractivity contribution in [2.75, 3.05) is 13.1 Å². The van der Waals surface area contributed by atoms with Crippen molar-refractivity contribution in [2.45, 2.75) is 44.6 Å². The molecule has 1 aromatic rings.